The average molecular weight is 300 g/mol. The van der Waals surface area contributed by atoms with E-state index in [0.29, 0.717) is 18.7 Å². The Balaban J connectivity index is 2.80. The molecule has 7 nitrogen and oxygen atoms in total. The number of oxime groups is 1. The summed E-state index contributed by atoms with van der Waals surface area (Å²) in [4.78, 5) is 0. The van der Waals surface area contributed by atoms with Crippen LogP contribution in [0.5, 0.6) is 0 Å². The molecule has 0 aromatic heterocycles. The standard InChI is InChI=1S/C12H20N4O3S/c1-3-16(4-2)20(18,19)14-9-10-6-5-7-11(8-10)12(13)15-17/h5-8,14,17H,3-4,9H2,1-2H3,(H2,13,15). The van der Waals surface area contributed by atoms with Crippen LogP contribution in [-0.2, 0) is 16.8 Å². The van der Waals surface area contributed by atoms with E-state index in [1.165, 1.54) is 4.31 Å². The van der Waals surface area contributed by atoms with Crippen LogP contribution in [0.1, 0.15) is 25.0 Å². The Morgan fingerprint density at radius 3 is 2.60 bits per heavy atom. The van der Waals surface area contributed by atoms with Crippen LogP contribution in [0.15, 0.2) is 29.4 Å². The molecule has 0 fully saturated rings. The molecule has 0 saturated carbocycles. The Bertz CT molecular complexity index is 568. The van der Waals surface area contributed by atoms with Gasteiger partial charge in [-0.3, -0.25) is 0 Å². The number of nitrogens with zero attached hydrogens (tertiary/aromatic N) is 2. The van der Waals surface area contributed by atoms with E-state index >= 15 is 0 Å². The van der Waals surface area contributed by atoms with E-state index in [4.69, 9.17) is 10.9 Å². The fourth-order valence-electron chi connectivity index (χ4n) is 1.73. The second kappa shape index (κ2) is 7.22. The largest absolute Gasteiger partial charge is 0.409 e. The van der Waals surface area contributed by atoms with Gasteiger partial charge in [-0.2, -0.15) is 17.4 Å². The van der Waals surface area contributed by atoms with Crippen LogP contribution in [-0.4, -0.2) is 36.9 Å². The molecule has 1 rings (SSSR count). The van der Waals surface area contributed by atoms with Crippen molar-refractivity contribution in [2.75, 3.05) is 13.1 Å². The van der Waals surface area contributed by atoms with Gasteiger partial charge in [0.15, 0.2) is 5.84 Å². The molecule has 0 atom stereocenters. The first-order chi connectivity index (χ1) is 9.44. The number of nitrogens with two attached hydrogens (primary N) is 1. The van der Waals surface area contributed by atoms with E-state index < -0.39 is 10.2 Å². The van der Waals surface area contributed by atoms with Crippen molar-refractivity contribution in [2.24, 2.45) is 10.9 Å². The van der Waals surface area contributed by atoms with Gasteiger partial charge in [-0.1, -0.05) is 37.2 Å². The van der Waals surface area contributed by atoms with Crippen LogP contribution in [0.25, 0.3) is 0 Å². The van der Waals surface area contributed by atoms with Crippen LogP contribution in [0.2, 0.25) is 0 Å². The van der Waals surface area contributed by atoms with Gasteiger partial charge in [-0.05, 0) is 11.6 Å². The van der Waals surface area contributed by atoms with Gasteiger partial charge in [0, 0.05) is 25.2 Å². The van der Waals surface area contributed by atoms with Crippen LogP contribution in [0.3, 0.4) is 0 Å². The zero-order valence-corrected chi connectivity index (χ0v) is 12.4. The molecular formula is C12H20N4O3S. The van der Waals surface area contributed by atoms with Crippen molar-refractivity contribution >= 4 is 16.0 Å². The maximum absolute atomic E-state index is 12.0. The van der Waals surface area contributed by atoms with Crippen LogP contribution >= 0.6 is 0 Å². The first-order valence-corrected chi connectivity index (χ1v) is 7.70. The molecule has 0 saturated heterocycles. The molecule has 0 unspecified atom stereocenters. The minimum Gasteiger partial charge on any atom is -0.409 e. The maximum Gasteiger partial charge on any atom is 0.279 e. The number of nitrogens with one attached hydrogen (secondary N) is 1. The molecule has 0 bridgehead atoms. The molecule has 4 N–H and O–H groups in total. The molecular weight excluding hydrogens is 280 g/mol. The van der Waals surface area contributed by atoms with E-state index in [9.17, 15) is 8.42 Å². The van der Waals surface area contributed by atoms with Crippen molar-refractivity contribution in [2.45, 2.75) is 20.4 Å². The third kappa shape index (κ3) is 4.19. The molecule has 0 spiro atoms. The quantitative estimate of drug-likeness (QED) is 0.294. The van der Waals surface area contributed by atoms with Crippen molar-refractivity contribution in [3.8, 4) is 0 Å². The molecule has 0 aliphatic heterocycles. The summed E-state index contributed by atoms with van der Waals surface area (Å²) in [6.45, 7) is 4.53. The van der Waals surface area contributed by atoms with Crippen LogP contribution < -0.4 is 10.5 Å². The summed E-state index contributed by atoms with van der Waals surface area (Å²) in [5.41, 5.74) is 6.75. The summed E-state index contributed by atoms with van der Waals surface area (Å²) < 4.78 is 27.8. The second-order valence-corrected chi connectivity index (χ2v) is 5.85. The highest BCUT2D eigenvalue weighted by atomic mass is 32.2. The van der Waals surface area contributed by atoms with Gasteiger partial charge in [0.1, 0.15) is 0 Å². The summed E-state index contributed by atoms with van der Waals surface area (Å²) >= 11 is 0. The summed E-state index contributed by atoms with van der Waals surface area (Å²) in [6, 6.07) is 6.82. The number of benzene rings is 1. The third-order valence-corrected chi connectivity index (χ3v) is 4.54. The van der Waals surface area contributed by atoms with Crippen molar-refractivity contribution in [1.29, 1.82) is 0 Å². The topological polar surface area (TPSA) is 108 Å². The average Bonchev–Trinajstić information content (AvgIpc) is 2.45. The SMILES string of the molecule is CCN(CC)S(=O)(=O)NCc1cccc(C(N)=NO)c1. The number of rotatable bonds is 7. The zero-order valence-electron chi connectivity index (χ0n) is 11.6. The van der Waals surface area contributed by atoms with E-state index in [0.717, 1.165) is 5.56 Å². The monoisotopic (exact) mass is 300 g/mol. The van der Waals surface area contributed by atoms with Gasteiger partial charge >= 0.3 is 0 Å². The predicted octanol–water partition coefficient (Wildman–Crippen LogP) is 0.457. The minimum absolute atomic E-state index is 0.0153. The first-order valence-electron chi connectivity index (χ1n) is 6.26. The van der Waals surface area contributed by atoms with Gasteiger partial charge in [0.05, 0.1) is 0 Å². The van der Waals surface area contributed by atoms with Gasteiger partial charge in [0.25, 0.3) is 10.2 Å². The second-order valence-electron chi connectivity index (χ2n) is 4.10. The Hall–Kier alpha value is -1.64. The van der Waals surface area contributed by atoms with Crippen molar-refractivity contribution in [3.63, 3.8) is 0 Å². The number of hydrogen-bond donors (Lipinski definition) is 3. The van der Waals surface area contributed by atoms with Gasteiger partial charge < -0.3 is 10.9 Å². The molecule has 20 heavy (non-hydrogen) atoms. The fourth-order valence-corrected chi connectivity index (χ4v) is 2.94. The maximum atomic E-state index is 12.0. The van der Waals surface area contributed by atoms with Crippen molar-refractivity contribution < 1.29 is 13.6 Å². The third-order valence-electron chi connectivity index (χ3n) is 2.83. The summed E-state index contributed by atoms with van der Waals surface area (Å²) in [7, 11) is -3.49. The Morgan fingerprint density at radius 1 is 1.40 bits per heavy atom. The molecule has 112 valence electrons. The van der Waals surface area contributed by atoms with E-state index in [2.05, 4.69) is 9.88 Å². The molecule has 0 heterocycles. The van der Waals surface area contributed by atoms with E-state index in [1.54, 1.807) is 38.1 Å². The molecule has 1 aromatic carbocycles. The lowest BCUT2D eigenvalue weighted by molar-refractivity contribution is 0.318. The Labute approximate surface area is 119 Å². The Kier molecular flexibility index (Phi) is 5.93. The fraction of sp³-hybridized carbons (Fsp3) is 0.417. The van der Waals surface area contributed by atoms with E-state index in [1.807, 2.05) is 0 Å². The van der Waals surface area contributed by atoms with Crippen LogP contribution in [0, 0.1) is 0 Å². The molecule has 0 aliphatic rings. The van der Waals surface area contributed by atoms with E-state index in [-0.39, 0.29) is 12.4 Å². The van der Waals surface area contributed by atoms with Crippen molar-refractivity contribution in [1.82, 2.24) is 9.03 Å². The highest BCUT2D eigenvalue weighted by molar-refractivity contribution is 7.87. The minimum atomic E-state index is -3.49. The Morgan fingerprint density at radius 2 is 2.05 bits per heavy atom. The number of amidine groups is 1. The number of hydrogen-bond acceptors (Lipinski definition) is 4. The normalized spacial score (nSPS) is 12.8. The summed E-state index contributed by atoms with van der Waals surface area (Å²) in [6.07, 6.45) is 0. The lowest BCUT2D eigenvalue weighted by atomic mass is 10.1. The molecule has 0 radical (unpaired) electrons. The smallest absolute Gasteiger partial charge is 0.279 e. The zero-order chi connectivity index (χ0) is 15.2. The van der Waals surface area contributed by atoms with Crippen molar-refractivity contribution in [3.05, 3.63) is 35.4 Å². The highest BCUT2D eigenvalue weighted by Crippen LogP contribution is 2.06. The van der Waals surface area contributed by atoms with Gasteiger partial charge in [-0.25, -0.2) is 0 Å². The molecule has 0 amide bonds. The summed E-state index contributed by atoms with van der Waals surface area (Å²) in [5.74, 6) is -0.0153. The molecule has 1 aromatic rings. The van der Waals surface area contributed by atoms with Gasteiger partial charge in [0.2, 0.25) is 0 Å². The summed E-state index contributed by atoms with van der Waals surface area (Å²) in [5, 5.41) is 11.5. The predicted molar refractivity (Wildman–Crippen MR) is 77.6 cm³/mol. The molecule has 0 aliphatic carbocycles. The van der Waals surface area contributed by atoms with Gasteiger partial charge in [-0.15, -0.1) is 0 Å². The lowest BCUT2D eigenvalue weighted by Crippen LogP contribution is -2.40. The molecule has 8 heteroatoms. The highest BCUT2D eigenvalue weighted by Gasteiger charge is 2.17. The lowest BCUT2D eigenvalue weighted by Gasteiger charge is -2.18. The first kappa shape index (κ1) is 16.4. The van der Waals surface area contributed by atoms with Crippen LogP contribution in [0.4, 0.5) is 0 Å².